The molecular formula is C8H14BNO3. The van der Waals surface area contributed by atoms with Gasteiger partial charge in [0.25, 0.3) is 0 Å². The van der Waals surface area contributed by atoms with Gasteiger partial charge in [-0.1, -0.05) is 0 Å². The molecule has 1 atom stereocenters. The van der Waals surface area contributed by atoms with Gasteiger partial charge in [0.2, 0.25) is 0 Å². The summed E-state index contributed by atoms with van der Waals surface area (Å²) in [5, 5.41) is 8.67. The van der Waals surface area contributed by atoms with Gasteiger partial charge in [-0.05, 0) is 0 Å². The Morgan fingerprint density at radius 3 is 2.77 bits per heavy atom. The standard InChI is InChI=1S/C8H14BNO3/c1-2-3-4-5-7(8(11)12)10-6-9-13/h6-7H,2-5H2,1H3,(H,11,12)/t7-/m0/s1. The number of carboxylic acid groups (broad SMARTS) is 1. The van der Waals surface area contributed by atoms with E-state index in [4.69, 9.17) is 5.11 Å². The van der Waals surface area contributed by atoms with E-state index in [1.807, 2.05) is 6.92 Å². The molecule has 0 aliphatic rings. The Bertz CT molecular complexity index is 194. The summed E-state index contributed by atoms with van der Waals surface area (Å²) in [6, 6.07) is -0.753. The number of unbranched alkanes of at least 4 members (excludes halogenated alkanes) is 2. The first-order chi connectivity index (χ1) is 6.22. The van der Waals surface area contributed by atoms with Crippen molar-refractivity contribution < 1.29 is 14.6 Å². The van der Waals surface area contributed by atoms with E-state index in [0.29, 0.717) is 13.6 Å². The van der Waals surface area contributed by atoms with E-state index in [1.165, 1.54) is 0 Å². The van der Waals surface area contributed by atoms with Crippen molar-refractivity contribution in [2.75, 3.05) is 0 Å². The Hall–Kier alpha value is -0.995. The van der Waals surface area contributed by atoms with E-state index in [0.717, 1.165) is 25.4 Å². The molecule has 0 saturated heterocycles. The van der Waals surface area contributed by atoms with Gasteiger partial charge >= 0.3 is 77.5 Å². The zero-order valence-corrected chi connectivity index (χ0v) is 7.77. The Balaban J connectivity index is 3.87. The first-order valence-electron chi connectivity index (χ1n) is 4.42. The number of hydrogen-bond donors (Lipinski definition) is 1. The minimum absolute atomic E-state index is 0.496. The molecule has 0 bridgehead atoms. The molecule has 0 spiro atoms. The van der Waals surface area contributed by atoms with Crippen LogP contribution < -0.4 is 0 Å². The molecule has 0 aliphatic heterocycles. The predicted molar refractivity (Wildman–Crippen MR) is 50.5 cm³/mol. The van der Waals surface area contributed by atoms with Crippen molar-refractivity contribution in [2.45, 2.75) is 38.6 Å². The molecule has 4 nitrogen and oxygen atoms in total. The van der Waals surface area contributed by atoms with Gasteiger partial charge in [0.05, 0.1) is 0 Å². The van der Waals surface area contributed by atoms with Crippen molar-refractivity contribution in [1.29, 1.82) is 0 Å². The van der Waals surface area contributed by atoms with Crippen molar-refractivity contribution >= 4 is 19.2 Å². The third-order valence-corrected chi connectivity index (χ3v) is 1.69. The van der Waals surface area contributed by atoms with Crippen molar-refractivity contribution in [3.05, 3.63) is 0 Å². The molecule has 1 N–H and O–H groups in total. The maximum absolute atomic E-state index is 10.6. The molecular weight excluding hydrogens is 169 g/mol. The SMILES string of the molecule is CCCCC[C@H](N=CB=O)C(=O)O. The number of aliphatic carboxylic acids is 1. The first-order valence-corrected chi connectivity index (χ1v) is 4.42. The number of carbonyl (C=O) groups is 1. The van der Waals surface area contributed by atoms with Crippen molar-refractivity contribution in [3.8, 4) is 0 Å². The van der Waals surface area contributed by atoms with Crippen LogP contribution in [-0.4, -0.2) is 30.4 Å². The van der Waals surface area contributed by atoms with E-state index in [-0.39, 0.29) is 0 Å². The summed E-state index contributed by atoms with van der Waals surface area (Å²) in [6.07, 6.45) is 4.39. The van der Waals surface area contributed by atoms with Crippen LogP contribution in [0.5, 0.6) is 0 Å². The molecule has 0 amide bonds. The molecule has 0 aliphatic carbocycles. The quantitative estimate of drug-likeness (QED) is 0.365. The molecule has 0 rings (SSSR count). The van der Waals surface area contributed by atoms with Crippen LogP contribution >= 0.6 is 0 Å². The Morgan fingerprint density at radius 2 is 2.31 bits per heavy atom. The number of carboxylic acids is 1. The zero-order chi connectivity index (χ0) is 10.1. The average molecular weight is 183 g/mol. The second-order valence-electron chi connectivity index (χ2n) is 2.78. The molecule has 0 unspecified atom stereocenters. The van der Waals surface area contributed by atoms with Gasteiger partial charge in [0.15, 0.2) is 0 Å². The zero-order valence-electron chi connectivity index (χ0n) is 7.77. The van der Waals surface area contributed by atoms with Crippen LogP contribution in [0.2, 0.25) is 0 Å². The van der Waals surface area contributed by atoms with E-state index in [2.05, 4.69) is 4.99 Å². The van der Waals surface area contributed by atoms with Crippen molar-refractivity contribution in [2.24, 2.45) is 4.99 Å². The second kappa shape index (κ2) is 7.64. The fourth-order valence-electron chi connectivity index (χ4n) is 0.988. The number of rotatable bonds is 7. The van der Waals surface area contributed by atoms with E-state index >= 15 is 0 Å². The van der Waals surface area contributed by atoms with Gasteiger partial charge in [-0.25, -0.2) is 0 Å². The summed E-state index contributed by atoms with van der Waals surface area (Å²) < 4.78 is 9.92. The number of hydrogen-bond acceptors (Lipinski definition) is 3. The van der Waals surface area contributed by atoms with Crippen LogP contribution in [0.1, 0.15) is 32.6 Å². The van der Waals surface area contributed by atoms with Crippen LogP contribution in [0.3, 0.4) is 0 Å². The molecule has 0 aromatic rings. The third-order valence-electron chi connectivity index (χ3n) is 1.69. The van der Waals surface area contributed by atoms with Gasteiger partial charge < -0.3 is 0 Å². The fourth-order valence-corrected chi connectivity index (χ4v) is 0.988. The van der Waals surface area contributed by atoms with Crippen LogP contribution in [0.4, 0.5) is 0 Å². The molecule has 0 aromatic heterocycles. The molecule has 0 aromatic carbocycles. The number of aliphatic imine (C=N–C) groups is 1. The first kappa shape index (κ1) is 12.0. The molecule has 0 fully saturated rings. The van der Waals surface area contributed by atoms with Gasteiger partial charge in [-0.15, -0.1) is 0 Å². The summed E-state index contributed by atoms with van der Waals surface area (Å²) >= 11 is 0. The molecule has 0 radical (unpaired) electrons. The summed E-state index contributed by atoms with van der Waals surface area (Å²) in [7, 11) is 0.496. The van der Waals surface area contributed by atoms with Crippen LogP contribution in [0.15, 0.2) is 4.99 Å². The van der Waals surface area contributed by atoms with Crippen LogP contribution in [0, 0.1) is 0 Å². The second-order valence-corrected chi connectivity index (χ2v) is 2.78. The third kappa shape index (κ3) is 6.19. The van der Waals surface area contributed by atoms with Crippen molar-refractivity contribution in [1.82, 2.24) is 0 Å². The van der Waals surface area contributed by atoms with Gasteiger partial charge in [-0.2, -0.15) is 0 Å². The van der Waals surface area contributed by atoms with E-state index in [1.54, 1.807) is 0 Å². The molecule has 0 saturated carbocycles. The van der Waals surface area contributed by atoms with Gasteiger partial charge in [0, 0.05) is 0 Å². The maximum atomic E-state index is 10.6. The Labute approximate surface area is 78.3 Å². The molecule has 0 heterocycles. The van der Waals surface area contributed by atoms with Crippen molar-refractivity contribution in [3.63, 3.8) is 0 Å². The minimum atomic E-state index is -0.964. The molecule has 13 heavy (non-hydrogen) atoms. The summed E-state index contributed by atoms with van der Waals surface area (Å²) in [6.45, 7) is 2.05. The van der Waals surface area contributed by atoms with Crippen LogP contribution in [0.25, 0.3) is 0 Å². The molecule has 72 valence electrons. The predicted octanol–water partition coefficient (Wildman–Crippen LogP) is 1.10. The molecule has 5 heteroatoms. The van der Waals surface area contributed by atoms with Gasteiger partial charge in [0.1, 0.15) is 0 Å². The summed E-state index contributed by atoms with van der Waals surface area (Å²) in [4.78, 5) is 14.2. The average Bonchev–Trinajstić information content (AvgIpc) is 2.10. The monoisotopic (exact) mass is 183 g/mol. The normalized spacial score (nSPS) is 12.7. The summed E-state index contributed by atoms with van der Waals surface area (Å²) in [5.41, 5.74) is 0. The van der Waals surface area contributed by atoms with Crippen LogP contribution in [-0.2, 0) is 9.50 Å². The Morgan fingerprint density at radius 1 is 1.62 bits per heavy atom. The summed E-state index contributed by atoms with van der Waals surface area (Å²) in [5.74, 6) is -0.964. The van der Waals surface area contributed by atoms with E-state index < -0.39 is 12.0 Å². The van der Waals surface area contributed by atoms with E-state index in [9.17, 15) is 9.50 Å². The Kier molecular flexibility index (Phi) is 7.06. The number of nitrogens with zero attached hydrogens (tertiary/aromatic N) is 1. The fraction of sp³-hybridized carbons (Fsp3) is 0.750. The van der Waals surface area contributed by atoms with Gasteiger partial charge in [-0.3, -0.25) is 0 Å². The topological polar surface area (TPSA) is 66.7 Å².